The van der Waals surface area contributed by atoms with E-state index in [1.165, 1.54) is 11.3 Å². The molecule has 0 aliphatic carbocycles. The molecule has 0 radical (unpaired) electrons. The zero-order valence-corrected chi connectivity index (χ0v) is 16.6. The zero-order valence-electron chi connectivity index (χ0n) is 14.9. The molecule has 0 saturated carbocycles. The summed E-state index contributed by atoms with van der Waals surface area (Å²) >= 11 is 3.15. The first-order chi connectivity index (χ1) is 13.1. The molecule has 1 amide bonds. The van der Waals surface area contributed by atoms with E-state index in [-0.39, 0.29) is 5.91 Å². The molecule has 4 rings (SSSR count). The number of fused-ring (bicyclic) bond motifs is 1. The number of benzene rings is 2. The number of nitrogens with zero attached hydrogens (tertiary/aromatic N) is 1. The third-order valence-corrected chi connectivity index (χ3v) is 5.66. The van der Waals surface area contributed by atoms with Gasteiger partial charge in [0.15, 0.2) is 10.9 Å². The molecule has 0 atom stereocenters. The summed E-state index contributed by atoms with van der Waals surface area (Å²) in [5.74, 6) is 0.532. The summed E-state index contributed by atoms with van der Waals surface area (Å²) in [6, 6.07) is 17.4. The second-order valence-corrected chi connectivity index (χ2v) is 8.84. The molecule has 2 aromatic carbocycles. The monoisotopic (exact) mass is 394 g/mol. The maximum absolute atomic E-state index is 12.5. The molecule has 2 heterocycles. The smallest absolute Gasteiger partial charge is 0.257 e. The normalized spacial score (nSPS) is 11.2. The van der Waals surface area contributed by atoms with Crippen LogP contribution in [0.1, 0.15) is 24.2 Å². The molecule has 6 heteroatoms. The molecule has 0 fully saturated rings. The van der Waals surface area contributed by atoms with Crippen LogP contribution in [0.3, 0.4) is 0 Å². The van der Waals surface area contributed by atoms with Crippen LogP contribution in [0, 0.1) is 0 Å². The minimum absolute atomic E-state index is 0.165. The number of furan rings is 1. The molecule has 0 aliphatic heterocycles. The predicted octanol–water partition coefficient (Wildman–Crippen LogP) is 6.31. The maximum atomic E-state index is 12.5. The summed E-state index contributed by atoms with van der Waals surface area (Å²) in [7, 11) is 0. The van der Waals surface area contributed by atoms with E-state index < -0.39 is 0 Å². The van der Waals surface area contributed by atoms with Crippen LogP contribution in [0.15, 0.2) is 69.3 Å². The summed E-state index contributed by atoms with van der Waals surface area (Å²) in [5.41, 5.74) is 2.16. The lowest BCUT2D eigenvalue weighted by Crippen LogP contribution is -2.11. The fourth-order valence-corrected chi connectivity index (χ4v) is 4.21. The fraction of sp³-hybridized carbons (Fsp3) is 0.143. The fourth-order valence-electron chi connectivity index (χ4n) is 2.68. The van der Waals surface area contributed by atoms with Gasteiger partial charge in [0.2, 0.25) is 0 Å². The summed E-state index contributed by atoms with van der Waals surface area (Å²) < 4.78 is 5.83. The second-order valence-electron chi connectivity index (χ2n) is 6.33. The number of para-hydroxylation sites is 1. The van der Waals surface area contributed by atoms with E-state index in [2.05, 4.69) is 24.1 Å². The molecule has 4 nitrogen and oxygen atoms in total. The number of carbonyl (C=O) groups excluding carboxylic acids is 1. The van der Waals surface area contributed by atoms with Gasteiger partial charge in [0.25, 0.3) is 5.91 Å². The molecule has 0 saturated heterocycles. The average molecular weight is 395 g/mol. The first-order valence-corrected chi connectivity index (χ1v) is 10.4. The van der Waals surface area contributed by atoms with E-state index in [4.69, 9.17) is 4.42 Å². The van der Waals surface area contributed by atoms with Crippen molar-refractivity contribution in [2.45, 2.75) is 24.0 Å². The number of hydrogen-bond donors (Lipinski definition) is 1. The Morgan fingerprint density at radius 1 is 1.15 bits per heavy atom. The van der Waals surface area contributed by atoms with E-state index >= 15 is 0 Å². The SMILES string of the molecule is CC(C)Sc1ccc(C(=O)Nc2nc(-c3cc4ccccc4o3)cs2)cc1. The number of nitrogens with one attached hydrogen (secondary N) is 1. The number of thioether (sulfide) groups is 1. The Morgan fingerprint density at radius 2 is 1.93 bits per heavy atom. The van der Waals surface area contributed by atoms with Crippen molar-refractivity contribution in [3.63, 3.8) is 0 Å². The van der Waals surface area contributed by atoms with Crippen molar-refractivity contribution in [2.24, 2.45) is 0 Å². The Bertz CT molecular complexity index is 1050. The van der Waals surface area contributed by atoms with Gasteiger partial charge in [0.05, 0.1) is 0 Å². The number of amides is 1. The number of anilines is 1. The van der Waals surface area contributed by atoms with Crippen molar-refractivity contribution in [1.29, 1.82) is 0 Å². The molecule has 0 spiro atoms. The van der Waals surface area contributed by atoms with Crippen molar-refractivity contribution in [2.75, 3.05) is 5.32 Å². The van der Waals surface area contributed by atoms with Crippen molar-refractivity contribution in [3.8, 4) is 11.5 Å². The molecule has 0 bridgehead atoms. The Balaban J connectivity index is 1.48. The van der Waals surface area contributed by atoms with Crippen LogP contribution >= 0.6 is 23.1 Å². The standard InChI is InChI=1S/C21H18N2O2S2/c1-13(2)27-16-9-7-14(8-10-16)20(24)23-21-22-17(12-26-21)19-11-15-5-3-4-6-18(15)25-19/h3-13H,1-2H3,(H,22,23,24). The number of aromatic nitrogens is 1. The van der Waals surface area contributed by atoms with Gasteiger partial charge in [-0.3, -0.25) is 10.1 Å². The Hall–Kier alpha value is -2.57. The van der Waals surface area contributed by atoms with Crippen LogP contribution in [-0.4, -0.2) is 16.1 Å². The predicted molar refractivity (Wildman–Crippen MR) is 113 cm³/mol. The van der Waals surface area contributed by atoms with Gasteiger partial charge < -0.3 is 4.42 Å². The van der Waals surface area contributed by atoms with E-state index in [0.717, 1.165) is 21.6 Å². The van der Waals surface area contributed by atoms with E-state index in [9.17, 15) is 4.79 Å². The topological polar surface area (TPSA) is 55.1 Å². The lowest BCUT2D eigenvalue weighted by Gasteiger charge is -2.06. The first kappa shape index (κ1) is 17.8. The van der Waals surface area contributed by atoms with Gasteiger partial charge in [-0.15, -0.1) is 23.1 Å². The quantitative estimate of drug-likeness (QED) is 0.403. The highest BCUT2D eigenvalue weighted by atomic mass is 32.2. The van der Waals surface area contributed by atoms with Gasteiger partial charge in [-0.2, -0.15) is 0 Å². The molecular formula is C21H18N2O2S2. The molecule has 0 aliphatic rings. The van der Waals surface area contributed by atoms with Gasteiger partial charge in [0.1, 0.15) is 11.3 Å². The Kier molecular flexibility index (Phi) is 5.01. The van der Waals surface area contributed by atoms with Gasteiger partial charge in [0, 0.05) is 26.5 Å². The molecule has 1 N–H and O–H groups in total. The molecular weight excluding hydrogens is 376 g/mol. The number of rotatable bonds is 5. The minimum Gasteiger partial charge on any atom is -0.454 e. The summed E-state index contributed by atoms with van der Waals surface area (Å²) in [5, 5.41) is 6.84. The van der Waals surface area contributed by atoms with Crippen LogP contribution in [-0.2, 0) is 0 Å². The average Bonchev–Trinajstić information content (AvgIpc) is 3.28. The largest absolute Gasteiger partial charge is 0.454 e. The van der Waals surface area contributed by atoms with Gasteiger partial charge in [-0.25, -0.2) is 4.98 Å². The molecule has 0 unspecified atom stereocenters. The molecule has 27 heavy (non-hydrogen) atoms. The lowest BCUT2D eigenvalue weighted by atomic mass is 10.2. The van der Waals surface area contributed by atoms with Crippen molar-refractivity contribution >= 4 is 45.1 Å². The highest BCUT2D eigenvalue weighted by molar-refractivity contribution is 7.99. The van der Waals surface area contributed by atoms with E-state index in [1.807, 2.05) is 60.0 Å². The highest BCUT2D eigenvalue weighted by Gasteiger charge is 2.13. The molecule has 2 aromatic heterocycles. The summed E-state index contributed by atoms with van der Waals surface area (Å²) in [6.07, 6.45) is 0. The Morgan fingerprint density at radius 3 is 2.67 bits per heavy atom. The van der Waals surface area contributed by atoms with Gasteiger partial charge >= 0.3 is 0 Å². The van der Waals surface area contributed by atoms with Gasteiger partial charge in [-0.1, -0.05) is 32.0 Å². The lowest BCUT2D eigenvalue weighted by molar-refractivity contribution is 0.102. The van der Waals surface area contributed by atoms with Crippen LogP contribution in [0.2, 0.25) is 0 Å². The number of thiazole rings is 1. The third kappa shape index (κ3) is 4.07. The van der Waals surface area contributed by atoms with Crippen LogP contribution < -0.4 is 5.32 Å². The Labute approximate surface area is 165 Å². The maximum Gasteiger partial charge on any atom is 0.257 e. The van der Waals surface area contributed by atoms with Crippen molar-refractivity contribution < 1.29 is 9.21 Å². The van der Waals surface area contributed by atoms with Crippen LogP contribution in [0.4, 0.5) is 5.13 Å². The van der Waals surface area contributed by atoms with E-state index in [1.54, 1.807) is 11.8 Å². The van der Waals surface area contributed by atoms with Gasteiger partial charge in [-0.05, 0) is 36.4 Å². The van der Waals surface area contributed by atoms with Crippen molar-refractivity contribution in [1.82, 2.24) is 4.98 Å². The second kappa shape index (κ2) is 7.58. The molecule has 4 aromatic rings. The van der Waals surface area contributed by atoms with Crippen LogP contribution in [0.5, 0.6) is 0 Å². The molecule has 136 valence electrons. The number of carbonyl (C=O) groups is 1. The zero-order chi connectivity index (χ0) is 18.8. The third-order valence-electron chi connectivity index (χ3n) is 3.89. The highest BCUT2D eigenvalue weighted by Crippen LogP contribution is 2.30. The van der Waals surface area contributed by atoms with E-state index in [0.29, 0.717) is 21.7 Å². The summed E-state index contributed by atoms with van der Waals surface area (Å²) in [4.78, 5) is 18.1. The van der Waals surface area contributed by atoms with Crippen LogP contribution in [0.25, 0.3) is 22.4 Å². The summed E-state index contributed by atoms with van der Waals surface area (Å²) in [6.45, 7) is 4.29. The number of hydrogen-bond acceptors (Lipinski definition) is 5. The van der Waals surface area contributed by atoms with Crippen molar-refractivity contribution in [3.05, 3.63) is 65.5 Å². The minimum atomic E-state index is -0.165. The first-order valence-electron chi connectivity index (χ1n) is 8.61.